The smallest absolute Gasteiger partial charge is 0.0487 e. The topological polar surface area (TPSA) is 0 Å². The maximum absolute atomic E-state index is 4.21. The maximum atomic E-state index is 4.21. The second kappa shape index (κ2) is 4.14. The molecule has 1 aromatic rings. The molecule has 0 spiro atoms. The van der Waals surface area contributed by atoms with Gasteiger partial charge in [-0.15, -0.1) is 0 Å². The van der Waals surface area contributed by atoms with Crippen LogP contribution < -0.4 is 0 Å². The van der Waals surface area contributed by atoms with Gasteiger partial charge < -0.3 is 0 Å². The molecule has 0 aliphatic heterocycles. The van der Waals surface area contributed by atoms with Crippen molar-refractivity contribution in [1.82, 2.24) is 0 Å². The highest BCUT2D eigenvalue weighted by atomic mass is 28.3. The lowest BCUT2D eigenvalue weighted by atomic mass is 10.0. The van der Waals surface area contributed by atoms with E-state index in [1.54, 1.807) is 0 Å². The van der Waals surface area contributed by atoms with Crippen LogP contribution in [0.2, 0.25) is 25.7 Å². The third-order valence-corrected chi connectivity index (χ3v) is 3.76. The third-order valence-electron chi connectivity index (χ3n) is 2.27. The summed E-state index contributed by atoms with van der Waals surface area (Å²) in [6.07, 6.45) is 0. The van der Waals surface area contributed by atoms with E-state index in [1.165, 1.54) is 22.7 Å². The van der Waals surface area contributed by atoms with Crippen LogP contribution in [0.3, 0.4) is 0 Å². The molecule has 0 saturated carbocycles. The normalized spacial score (nSPS) is 11.4. The van der Waals surface area contributed by atoms with Crippen LogP contribution in [-0.4, -0.2) is 8.07 Å². The highest BCUT2D eigenvalue weighted by Gasteiger charge is 2.15. The minimum atomic E-state index is -1.03. The van der Waals surface area contributed by atoms with Crippen LogP contribution in [0, 0.1) is 6.92 Å². The largest absolute Gasteiger partial charge is 0.0955 e. The van der Waals surface area contributed by atoms with Gasteiger partial charge in [0.25, 0.3) is 0 Å². The number of allylic oxidation sites excluding steroid dienone is 1. The Kier molecular flexibility index (Phi) is 3.32. The lowest BCUT2D eigenvalue weighted by Gasteiger charge is -2.18. The first-order valence-electron chi connectivity index (χ1n) is 5.14. The molecule has 1 aromatic carbocycles. The van der Waals surface area contributed by atoms with Crippen LogP contribution in [-0.2, 0) is 0 Å². The van der Waals surface area contributed by atoms with Gasteiger partial charge in [0.15, 0.2) is 0 Å². The van der Waals surface area contributed by atoms with Crippen LogP contribution in [0.1, 0.15) is 11.1 Å². The summed E-state index contributed by atoms with van der Waals surface area (Å²) in [7, 11) is -1.03. The molecule has 0 unspecified atom stereocenters. The van der Waals surface area contributed by atoms with E-state index in [2.05, 4.69) is 57.4 Å². The first-order valence-corrected chi connectivity index (χ1v) is 8.85. The van der Waals surface area contributed by atoms with Crippen molar-refractivity contribution in [3.8, 4) is 0 Å². The predicted octanol–water partition coefficient (Wildman–Crippen LogP) is 4.35. The number of hydrogen-bond donors (Lipinski definition) is 0. The Morgan fingerprint density at radius 3 is 2.29 bits per heavy atom. The summed E-state index contributed by atoms with van der Waals surface area (Å²) in [5, 5.41) is 0. The van der Waals surface area contributed by atoms with Gasteiger partial charge in [0.1, 0.15) is 0 Å². The van der Waals surface area contributed by atoms with Crippen molar-refractivity contribution in [1.29, 1.82) is 0 Å². The van der Waals surface area contributed by atoms with Crippen molar-refractivity contribution in [2.75, 3.05) is 0 Å². The lowest BCUT2D eigenvalue weighted by Crippen LogP contribution is -2.19. The monoisotopic (exact) mass is 204 g/mol. The van der Waals surface area contributed by atoms with Gasteiger partial charge in [-0.2, -0.15) is 0 Å². The Hall–Kier alpha value is -0.823. The molecule has 0 saturated heterocycles. The molecule has 14 heavy (non-hydrogen) atoms. The minimum absolute atomic E-state index is 1.03. The third kappa shape index (κ3) is 3.15. The van der Waals surface area contributed by atoms with E-state index in [0.29, 0.717) is 0 Å². The van der Waals surface area contributed by atoms with Crippen molar-refractivity contribution >= 4 is 13.6 Å². The molecule has 0 aliphatic carbocycles. The van der Waals surface area contributed by atoms with E-state index in [0.717, 1.165) is 0 Å². The zero-order chi connectivity index (χ0) is 10.8. The molecule has 0 aromatic heterocycles. The molecular weight excluding hydrogens is 184 g/mol. The molecular formula is C13H20Si. The Morgan fingerprint density at radius 1 is 1.21 bits per heavy atom. The summed E-state index contributed by atoms with van der Waals surface area (Å²) < 4.78 is 0. The van der Waals surface area contributed by atoms with E-state index < -0.39 is 8.07 Å². The number of hydrogen-bond acceptors (Lipinski definition) is 0. The van der Waals surface area contributed by atoms with Crippen molar-refractivity contribution < 1.29 is 0 Å². The highest BCUT2D eigenvalue weighted by molar-refractivity contribution is 6.77. The van der Waals surface area contributed by atoms with Crippen LogP contribution in [0.15, 0.2) is 30.8 Å². The van der Waals surface area contributed by atoms with Gasteiger partial charge in [-0.3, -0.25) is 0 Å². The van der Waals surface area contributed by atoms with Crippen molar-refractivity contribution in [3.63, 3.8) is 0 Å². The molecule has 0 heterocycles. The summed E-state index contributed by atoms with van der Waals surface area (Å²) in [6.45, 7) is 13.5. The molecule has 0 fully saturated rings. The van der Waals surface area contributed by atoms with Gasteiger partial charge in [0.2, 0.25) is 0 Å². The SMILES string of the molecule is C=C(C[Si](C)(C)C)c1ccccc1C. The molecule has 0 bridgehead atoms. The Labute approximate surface area is 88.7 Å². The first kappa shape index (κ1) is 11.3. The fraction of sp³-hybridized carbons (Fsp3) is 0.385. The summed E-state index contributed by atoms with van der Waals surface area (Å²) >= 11 is 0. The van der Waals surface area contributed by atoms with Gasteiger partial charge in [-0.1, -0.05) is 56.1 Å². The lowest BCUT2D eigenvalue weighted by molar-refractivity contribution is 1.39. The molecule has 0 nitrogen and oxygen atoms in total. The van der Waals surface area contributed by atoms with E-state index >= 15 is 0 Å². The zero-order valence-corrected chi connectivity index (χ0v) is 10.7. The van der Waals surface area contributed by atoms with Crippen LogP contribution in [0.4, 0.5) is 0 Å². The molecule has 0 atom stereocenters. The fourth-order valence-corrected chi connectivity index (χ4v) is 3.18. The van der Waals surface area contributed by atoms with Gasteiger partial charge in [0.05, 0.1) is 0 Å². The van der Waals surface area contributed by atoms with Crippen LogP contribution in [0.5, 0.6) is 0 Å². The zero-order valence-electron chi connectivity index (χ0n) is 9.72. The minimum Gasteiger partial charge on any atom is -0.0955 e. The standard InChI is InChI=1S/C13H20Si/c1-11-8-6-7-9-13(11)12(2)10-14(3,4)5/h6-9H,2,10H2,1,3-5H3. The van der Waals surface area contributed by atoms with Gasteiger partial charge in [-0.05, 0) is 24.1 Å². The molecule has 0 N–H and O–H groups in total. The first-order chi connectivity index (χ1) is 6.40. The quantitative estimate of drug-likeness (QED) is 0.642. The number of rotatable bonds is 3. The molecule has 1 rings (SSSR count). The second-order valence-electron chi connectivity index (χ2n) is 5.16. The molecule has 76 valence electrons. The van der Waals surface area contributed by atoms with Crippen molar-refractivity contribution in [2.24, 2.45) is 0 Å². The molecule has 0 amide bonds. The Morgan fingerprint density at radius 2 is 1.79 bits per heavy atom. The maximum Gasteiger partial charge on any atom is 0.0487 e. The van der Waals surface area contributed by atoms with E-state index in [9.17, 15) is 0 Å². The summed E-state index contributed by atoms with van der Waals surface area (Å²) in [5.41, 5.74) is 3.99. The average molecular weight is 204 g/mol. The van der Waals surface area contributed by atoms with Gasteiger partial charge in [0, 0.05) is 8.07 Å². The average Bonchev–Trinajstić information content (AvgIpc) is 2.01. The highest BCUT2D eigenvalue weighted by Crippen LogP contribution is 2.25. The summed E-state index contributed by atoms with van der Waals surface area (Å²) in [6, 6.07) is 9.71. The van der Waals surface area contributed by atoms with Gasteiger partial charge in [-0.25, -0.2) is 0 Å². The Bertz CT molecular complexity index is 331. The summed E-state index contributed by atoms with van der Waals surface area (Å²) in [5.74, 6) is 0. The van der Waals surface area contributed by atoms with Crippen molar-refractivity contribution in [2.45, 2.75) is 32.6 Å². The molecule has 0 radical (unpaired) electrons. The number of benzene rings is 1. The fourth-order valence-electron chi connectivity index (χ4n) is 1.70. The predicted molar refractivity (Wildman–Crippen MR) is 68.4 cm³/mol. The van der Waals surface area contributed by atoms with E-state index in [4.69, 9.17) is 0 Å². The second-order valence-corrected chi connectivity index (χ2v) is 10.6. The number of aryl methyl sites for hydroxylation is 1. The van der Waals surface area contributed by atoms with E-state index in [1.807, 2.05) is 0 Å². The molecule has 1 heteroatoms. The van der Waals surface area contributed by atoms with Gasteiger partial charge >= 0.3 is 0 Å². The van der Waals surface area contributed by atoms with Crippen LogP contribution >= 0.6 is 0 Å². The molecule has 0 aliphatic rings. The summed E-state index contributed by atoms with van der Waals surface area (Å²) in [4.78, 5) is 0. The van der Waals surface area contributed by atoms with Crippen LogP contribution in [0.25, 0.3) is 5.57 Å². The Balaban J connectivity index is 2.86. The van der Waals surface area contributed by atoms with E-state index in [-0.39, 0.29) is 0 Å². The van der Waals surface area contributed by atoms with Crippen molar-refractivity contribution in [3.05, 3.63) is 42.0 Å².